The maximum absolute atomic E-state index is 12.2. The van der Waals surface area contributed by atoms with Crippen LogP contribution in [-0.4, -0.2) is 30.6 Å². The lowest BCUT2D eigenvalue weighted by molar-refractivity contribution is -0.165. The summed E-state index contributed by atoms with van der Waals surface area (Å²) in [6, 6.07) is 0. The summed E-state index contributed by atoms with van der Waals surface area (Å²) in [6.45, 7) is -1.33. The van der Waals surface area contributed by atoms with E-state index in [1.54, 1.807) is 0 Å². The minimum Gasteiger partial charge on any atom is -0.393 e. The van der Waals surface area contributed by atoms with Crippen LogP contribution >= 0.6 is 12.2 Å². The molecule has 0 saturated carbocycles. The van der Waals surface area contributed by atoms with E-state index in [4.69, 9.17) is 5.73 Å². The fraction of sp³-hybridized carbons (Fsp3) is 0.857. The van der Waals surface area contributed by atoms with E-state index in [2.05, 4.69) is 17.0 Å². The average molecular weight is 233 g/mol. The average Bonchev–Trinajstić information content (AvgIpc) is 2.02. The van der Waals surface area contributed by atoms with Crippen LogP contribution in [0.15, 0.2) is 0 Å². The minimum atomic E-state index is -4.08. The molecule has 84 valence electrons. The first-order valence-corrected chi connectivity index (χ1v) is 4.29. The van der Waals surface area contributed by atoms with E-state index in [1.807, 2.05) is 0 Å². The van der Waals surface area contributed by atoms with E-state index >= 15 is 0 Å². The molecule has 0 radical (unpaired) electrons. The molecule has 7 heteroatoms. The fourth-order valence-corrected chi connectivity index (χ4v) is 0.764. The molecule has 2 N–H and O–H groups in total. The summed E-state index contributed by atoms with van der Waals surface area (Å²) in [5.41, 5.74) is 5.12. The molecule has 14 heavy (non-hydrogen) atoms. The molecule has 0 aliphatic carbocycles. The first-order chi connectivity index (χ1) is 6.36. The molecule has 0 aliphatic heterocycles. The zero-order chi connectivity index (χ0) is 11.2. The number of rotatable bonds is 7. The summed E-state index contributed by atoms with van der Waals surface area (Å²) in [7, 11) is 0. The normalized spacial score (nSPS) is 12.1. The topological polar surface area (TPSA) is 35.2 Å². The quantitative estimate of drug-likeness (QED) is 0.415. The Morgan fingerprint density at radius 2 is 2.00 bits per heavy atom. The van der Waals surface area contributed by atoms with Gasteiger partial charge in [0.15, 0.2) is 0 Å². The molecular formula is C7H11F4NOS. The van der Waals surface area contributed by atoms with E-state index in [0.29, 0.717) is 12.8 Å². The van der Waals surface area contributed by atoms with E-state index in [9.17, 15) is 17.6 Å². The number of thiocarbonyl (C=S) groups is 1. The number of ether oxygens (including phenoxy) is 1. The van der Waals surface area contributed by atoms with Crippen LogP contribution in [0.5, 0.6) is 0 Å². The third-order valence-electron chi connectivity index (χ3n) is 1.33. The highest BCUT2D eigenvalue weighted by atomic mass is 32.1. The lowest BCUT2D eigenvalue weighted by Crippen LogP contribution is -2.32. The lowest BCUT2D eigenvalue weighted by atomic mass is 10.3. The van der Waals surface area contributed by atoms with Gasteiger partial charge in [-0.1, -0.05) is 12.2 Å². The molecule has 0 aromatic heterocycles. The summed E-state index contributed by atoms with van der Waals surface area (Å²) in [6.07, 6.45) is -2.98. The van der Waals surface area contributed by atoms with Gasteiger partial charge in [0.2, 0.25) is 0 Å². The van der Waals surface area contributed by atoms with Gasteiger partial charge in [-0.05, 0) is 12.8 Å². The Morgan fingerprint density at radius 3 is 2.43 bits per heavy atom. The molecule has 0 aromatic carbocycles. The summed E-state index contributed by atoms with van der Waals surface area (Å²) in [5, 5.41) is 0. The largest absolute Gasteiger partial charge is 0.393 e. The third-order valence-corrected chi connectivity index (χ3v) is 1.53. The molecule has 0 amide bonds. The van der Waals surface area contributed by atoms with Gasteiger partial charge in [0.1, 0.15) is 6.61 Å². The Balaban J connectivity index is 3.49. The standard InChI is InChI=1S/C7H11F4NOS/c8-6(9)7(10,11)4-13-3-1-2-5(12)14/h6H,1-4H2,(H2,12,14). The van der Waals surface area contributed by atoms with Gasteiger partial charge in [0.25, 0.3) is 0 Å². The third kappa shape index (κ3) is 6.09. The van der Waals surface area contributed by atoms with Gasteiger partial charge in [-0.3, -0.25) is 0 Å². The fourth-order valence-electron chi connectivity index (χ4n) is 0.620. The second-order valence-corrected chi connectivity index (χ2v) is 3.21. The Hall–Kier alpha value is -0.430. The molecule has 0 spiro atoms. The van der Waals surface area contributed by atoms with Gasteiger partial charge < -0.3 is 10.5 Å². The predicted octanol–water partition coefficient (Wildman–Crippen LogP) is 1.97. The summed E-state index contributed by atoms with van der Waals surface area (Å²) >= 11 is 4.51. The van der Waals surface area contributed by atoms with E-state index in [-0.39, 0.29) is 11.6 Å². The number of alkyl halides is 4. The maximum Gasteiger partial charge on any atom is 0.330 e. The van der Waals surface area contributed by atoms with Gasteiger partial charge in [-0.25, -0.2) is 8.78 Å². The van der Waals surface area contributed by atoms with Gasteiger partial charge in [-0.15, -0.1) is 0 Å². The zero-order valence-corrected chi connectivity index (χ0v) is 8.13. The highest BCUT2D eigenvalue weighted by Gasteiger charge is 2.40. The van der Waals surface area contributed by atoms with Gasteiger partial charge in [-0.2, -0.15) is 8.78 Å². The number of halogens is 4. The van der Waals surface area contributed by atoms with Crippen LogP contribution in [0, 0.1) is 0 Å². The first-order valence-electron chi connectivity index (χ1n) is 3.88. The van der Waals surface area contributed by atoms with Gasteiger partial charge in [0, 0.05) is 6.61 Å². The Morgan fingerprint density at radius 1 is 1.43 bits per heavy atom. The predicted molar refractivity (Wildman–Crippen MR) is 47.8 cm³/mol. The molecule has 0 fully saturated rings. The highest BCUT2D eigenvalue weighted by Crippen LogP contribution is 2.22. The second kappa shape index (κ2) is 6.13. The molecule has 2 nitrogen and oxygen atoms in total. The summed E-state index contributed by atoms with van der Waals surface area (Å²) in [5.74, 6) is -4.08. The smallest absolute Gasteiger partial charge is 0.330 e. The van der Waals surface area contributed by atoms with Crippen LogP contribution in [0.3, 0.4) is 0 Å². The van der Waals surface area contributed by atoms with Crippen molar-refractivity contribution in [2.45, 2.75) is 25.2 Å². The Bertz CT molecular complexity index is 189. The van der Waals surface area contributed by atoms with Crippen molar-refractivity contribution in [3.8, 4) is 0 Å². The molecule has 0 bridgehead atoms. The molecule has 0 saturated heterocycles. The lowest BCUT2D eigenvalue weighted by Gasteiger charge is -2.14. The number of hydrogen-bond acceptors (Lipinski definition) is 2. The van der Waals surface area contributed by atoms with Crippen molar-refractivity contribution in [1.82, 2.24) is 0 Å². The number of hydrogen-bond donors (Lipinski definition) is 1. The minimum absolute atomic E-state index is 0.0559. The van der Waals surface area contributed by atoms with E-state index in [1.165, 1.54) is 0 Å². The van der Waals surface area contributed by atoms with E-state index in [0.717, 1.165) is 0 Å². The van der Waals surface area contributed by atoms with Crippen molar-refractivity contribution in [3.05, 3.63) is 0 Å². The molecular weight excluding hydrogens is 222 g/mol. The van der Waals surface area contributed by atoms with Crippen molar-refractivity contribution < 1.29 is 22.3 Å². The van der Waals surface area contributed by atoms with Gasteiger partial charge in [0.05, 0.1) is 4.99 Å². The van der Waals surface area contributed by atoms with Crippen LogP contribution in [0.25, 0.3) is 0 Å². The highest BCUT2D eigenvalue weighted by molar-refractivity contribution is 7.80. The van der Waals surface area contributed by atoms with Crippen molar-refractivity contribution in [2.75, 3.05) is 13.2 Å². The molecule has 0 rings (SSSR count). The zero-order valence-electron chi connectivity index (χ0n) is 7.31. The monoisotopic (exact) mass is 233 g/mol. The molecule has 0 unspecified atom stereocenters. The number of nitrogens with two attached hydrogens (primary N) is 1. The SMILES string of the molecule is NC(=S)CCCOCC(F)(F)C(F)F. The molecule has 0 atom stereocenters. The molecule has 0 aliphatic rings. The van der Waals surface area contributed by atoms with Gasteiger partial charge >= 0.3 is 12.3 Å². The van der Waals surface area contributed by atoms with Crippen molar-refractivity contribution in [2.24, 2.45) is 5.73 Å². The summed E-state index contributed by atoms with van der Waals surface area (Å²) in [4.78, 5) is 0.245. The Kier molecular flexibility index (Phi) is 5.94. The maximum atomic E-state index is 12.2. The van der Waals surface area contributed by atoms with Crippen LogP contribution in [0.4, 0.5) is 17.6 Å². The molecule has 0 aromatic rings. The first kappa shape index (κ1) is 13.6. The Labute approximate surface area is 84.4 Å². The van der Waals surface area contributed by atoms with Crippen molar-refractivity contribution in [3.63, 3.8) is 0 Å². The van der Waals surface area contributed by atoms with Crippen LogP contribution < -0.4 is 5.73 Å². The second-order valence-electron chi connectivity index (χ2n) is 2.68. The summed E-state index contributed by atoms with van der Waals surface area (Å²) < 4.78 is 51.9. The van der Waals surface area contributed by atoms with Crippen molar-refractivity contribution in [1.29, 1.82) is 0 Å². The van der Waals surface area contributed by atoms with Crippen molar-refractivity contribution >= 4 is 17.2 Å². The van der Waals surface area contributed by atoms with Crippen LogP contribution in [0.2, 0.25) is 0 Å². The van der Waals surface area contributed by atoms with Crippen LogP contribution in [-0.2, 0) is 4.74 Å². The molecule has 0 heterocycles. The van der Waals surface area contributed by atoms with E-state index < -0.39 is 19.0 Å². The van der Waals surface area contributed by atoms with Crippen LogP contribution in [0.1, 0.15) is 12.8 Å².